The number of hydrogen-bond donors (Lipinski definition) is 1. The molecule has 1 N–H and O–H groups in total. The Balaban J connectivity index is -0.0000000450. The van der Waals surface area contributed by atoms with Crippen molar-refractivity contribution < 1.29 is 9.90 Å². The van der Waals surface area contributed by atoms with Gasteiger partial charge in [0.15, 0.2) is 34.7 Å². The van der Waals surface area contributed by atoms with Crippen LogP contribution in [-0.2, 0) is 4.79 Å². The molecule has 0 aliphatic heterocycles. The second kappa shape index (κ2) is 9.11. The molecule has 0 spiro atoms. The molecule has 0 aromatic rings. The largest absolute Gasteiger partial charge is 0.481 e. The molecular weight excluding hydrogens is 110 g/mol. The summed E-state index contributed by atoms with van der Waals surface area (Å²) in [5.74, 6) is -0.833. The predicted molar refractivity (Wildman–Crippen MR) is 33.2 cm³/mol. The SMILES string of the molecule is CC(=O)O.[AlH3].[AlH3]. The summed E-state index contributed by atoms with van der Waals surface area (Å²) >= 11 is 0. The second-order valence-corrected chi connectivity index (χ2v) is 0.519. The van der Waals surface area contributed by atoms with Gasteiger partial charge in [0.1, 0.15) is 0 Å². The maximum atomic E-state index is 9.00. The summed E-state index contributed by atoms with van der Waals surface area (Å²) in [4.78, 5) is 9.00. The van der Waals surface area contributed by atoms with Gasteiger partial charge >= 0.3 is 0 Å². The van der Waals surface area contributed by atoms with Gasteiger partial charge in [0, 0.05) is 6.92 Å². The van der Waals surface area contributed by atoms with Gasteiger partial charge < -0.3 is 5.11 Å². The van der Waals surface area contributed by atoms with Crippen LogP contribution in [0.5, 0.6) is 0 Å². The normalized spacial score (nSPS) is 4.17. The maximum Gasteiger partial charge on any atom is 0.300 e. The first kappa shape index (κ1) is 16.0. The summed E-state index contributed by atoms with van der Waals surface area (Å²) in [6, 6.07) is 0. The third kappa shape index (κ3) is 198. The fourth-order valence-electron chi connectivity index (χ4n) is 0. The van der Waals surface area contributed by atoms with Gasteiger partial charge in [0.2, 0.25) is 0 Å². The van der Waals surface area contributed by atoms with Gasteiger partial charge in [-0.3, -0.25) is 4.79 Å². The molecule has 0 aromatic heterocycles. The van der Waals surface area contributed by atoms with E-state index in [0.717, 1.165) is 6.92 Å². The van der Waals surface area contributed by atoms with E-state index in [1.54, 1.807) is 0 Å². The Morgan fingerprint density at radius 1 is 1.50 bits per heavy atom. The Labute approximate surface area is 57.8 Å². The van der Waals surface area contributed by atoms with E-state index in [1.165, 1.54) is 0 Å². The number of carboxylic acid groups (broad SMARTS) is 1. The van der Waals surface area contributed by atoms with E-state index in [1.807, 2.05) is 0 Å². The minimum atomic E-state index is -0.833. The van der Waals surface area contributed by atoms with Crippen LogP contribution in [0.15, 0.2) is 0 Å². The lowest BCUT2D eigenvalue weighted by Crippen LogP contribution is -1.78. The lowest BCUT2D eigenvalue weighted by Gasteiger charge is -1.59. The molecule has 0 atom stereocenters. The van der Waals surface area contributed by atoms with Crippen LogP contribution < -0.4 is 0 Å². The monoisotopic (exact) mass is 120 g/mol. The molecule has 0 saturated heterocycles. The lowest BCUT2D eigenvalue weighted by atomic mass is 10.9. The first-order valence-electron chi connectivity index (χ1n) is 0.928. The van der Waals surface area contributed by atoms with Crippen molar-refractivity contribution in [1.29, 1.82) is 0 Å². The topological polar surface area (TPSA) is 37.3 Å². The maximum absolute atomic E-state index is 9.00. The zero-order valence-corrected chi connectivity index (χ0v) is 2.36. The van der Waals surface area contributed by atoms with Crippen molar-refractivity contribution in [3.05, 3.63) is 0 Å². The molecule has 2 nitrogen and oxygen atoms in total. The number of carbonyl (C=O) groups is 1. The van der Waals surface area contributed by atoms with E-state index in [9.17, 15) is 0 Å². The molecule has 0 saturated carbocycles. The average Bonchev–Trinajstić information content (AvgIpc) is 0.811. The highest BCUT2D eigenvalue weighted by molar-refractivity contribution is 5.76. The third-order valence-electron chi connectivity index (χ3n) is 0. The minimum Gasteiger partial charge on any atom is -0.481 e. The quantitative estimate of drug-likeness (QED) is 0.366. The van der Waals surface area contributed by atoms with Crippen molar-refractivity contribution in [2.45, 2.75) is 6.92 Å². The van der Waals surface area contributed by atoms with E-state index in [2.05, 4.69) is 0 Å². The molecule has 0 bridgehead atoms. The highest BCUT2D eigenvalue weighted by Gasteiger charge is 1.65. The van der Waals surface area contributed by atoms with Crippen LogP contribution in [0.4, 0.5) is 0 Å². The second-order valence-electron chi connectivity index (χ2n) is 0.519. The van der Waals surface area contributed by atoms with Crippen LogP contribution >= 0.6 is 0 Å². The standard InChI is InChI=1S/C2H4O2.2Al.6H/c1-2(3)4;;;;;;;;/h1H3,(H,3,4);;;;;;;;. The van der Waals surface area contributed by atoms with Crippen LogP contribution in [0.2, 0.25) is 0 Å². The van der Waals surface area contributed by atoms with Gasteiger partial charge in [-0.2, -0.15) is 0 Å². The summed E-state index contributed by atoms with van der Waals surface area (Å²) in [5, 5.41) is 7.42. The molecule has 0 fully saturated rings. The summed E-state index contributed by atoms with van der Waals surface area (Å²) < 4.78 is 0. The van der Waals surface area contributed by atoms with Crippen molar-refractivity contribution in [3.8, 4) is 0 Å². The molecule has 0 amide bonds. The van der Waals surface area contributed by atoms with Crippen molar-refractivity contribution in [2.24, 2.45) is 0 Å². The van der Waals surface area contributed by atoms with E-state index in [-0.39, 0.29) is 34.7 Å². The number of hydrogen-bond acceptors (Lipinski definition) is 1. The molecule has 6 heavy (non-hydrogen) atoms. The summed E-state index contributed by atoms with van der Waals surface area (Å²) in [7, 11) is 0. The summed E-state index contributed by atoms with van der Waals surface area (Å²) in [6.07, 6.45) is 0. The van der Waals surface area contributed by atoms with Gasteiger partial charge in [-0.25, -0.2) is 0 Å². The highest BCUT2D eigenvalue weighted by atomic mass is 27.0. The zero-order chi connectivity index (χ0) is 3.58. The van der Waals surface area contributed by atoms with Crippen LogP contribution in [0, 0.1) is 0 Å². The fraction of sp³-hybridized carbons (Fsp3) is 0.500. The van der Waals surface area contributed by atoms with Gasteiger partial charge in [-0.1, -0.05) is 0 Å². The minimum absolute atomic E-state index is 0. The Morgan fingerprint density at radius 2 is 1.50 bits per heavy atom. The number of aliphatic carboxylic acids is 1. The molecule has 0 aliphatic carbocycles. The van der Waals surface area contributed by atoms with Crippen molar-refractivity contribution in [3.63, 3.8) is 0 Å². The molecule has 4 heteroatoms. The van der Waals surface area contributed by atoms with Gasteiger partial charge in [0.05, 0.1) is 0 Å². The van der Waals surface area contributed by atoms with Crippen molar-refractivity contribution in [2.75, 3.05) is 0 Å². The summed E-state index contributed by atoms with van der Waals surface area (Å²) in [6.45, 7) is 1.08. The van der Waals surface area contributed by atoms with E-state index >= 15 is 0 Å². The number of rotatable bonds is 0. The Bertz CT molecular complexity index is 32.5. The fourth-order valence-corrected chi connectivity index (χ4v) is 0. The molecule has 0 aliphatic rings. The molecule has 0 unspecified atom stereocenters. The average molecular weight is 120 g/mol. The molecular formula is C2H10Al2O2. The van der Waals surface area contributed by atoms with Gasteiger partial charge in [-0.15, -0.1) is 0 Å². The Hall–Kier alpha value is 0.535. The lowest BCUT2D eigenvalue weighted by molar-refractivity contribution is -0.134. The first-order valence-corrected chi connectivity index (χ1v) is 0.928. The zero-order valence-electron chi connectivity index (χ0n) is 2.36. The van der Waals surface area contributed by atoms with E-state index in [4.69, 9.17) is 9.90 Å². The van der Waals surface area contributed by atoms with Gasteiger partial charge in [-0.05, 0) is 0 Å². The van der Waals surface area contributed by atoms with E-state index in [0.29, 0.717) is 0 Å². The molecule has 0 rings (SSSR count). The predicted octanol–water partition coefficient (Wildman–Crippen LogP) is -2.28. The molecule has 0 radical (unpaired) electrons. The van der Waals surface area contributed by atoms with Crippen LogP contribution in [0.25, 0.3) is 0 Å². The molecule has 36 valence electrons. The highest BCUT2D eigenvalue weighted by Crippen LogP contribution is 1.42. The van der Waals surface area contributed by atoms with Crippen molar-refractivity contribution in [1.82, 2.24) is 0 Å². The van der Waals surface area contributed by atoms with Crippen molar-refractivity contribution >= 4 is 40.7 Å². The Morgan fingerprint density at radius 3 is 1.50 bits per heavy atom. The van der Waals surface area contributed by atoms with Crippen LogP contribution in [0.1, 0.15) is 6.92 Å². The third-order valence-corrected chi connectivity index (χ3v) is 0. The van der Waals surface area contributed by atoms with Crippen LogP contribution in [0.3, 0.4) is 0 Å². The van der Waals surface area contributed by atoms with E-state index < -0.39 is 5.97 Å². The molecule has 0 heterocycles. The van der Waals surface area contributed by atoms with Gasteiger partial charge in [0.25, 0.3) is 5.97 Å². The Kier molecular flexibility index (Phi) is 24.3. The first-order chi connectivity index (χ1) is 1.73. The van der Waals surface area contributed by atoms with Crippen LogP contribution in [-0.4, -0.2) is 45.8 Å². The number of carboxylic acids is 1. The smallest absolute Gasteiger partial charge is 0.300 e. The summed E-state index contributed by atoms with van der Waals surface area (Å²) in [5.41, 5.74) is 0. The molecule has 0 aromatic carbocycles.